The fourth-order valence-corrected chi connectivity index (χ4v) is 2.45. The summed E-state index contributed by atoms with van der Waals surface area (Å²) in [6.07, 6.45) is 2.48. The minimum atomic E-state index is -0.174. The van der Waals surface area contributed by atoms with Gasteiger partial charge in [-0.3, -0.25) is 9.48 Å². The van der Waals surface area contributed by atoms with Crippen molar-refractivity contribution in [3.05, 3.63) is 41.7 Å². The number of aromatic nitrogens is 2. The van der Waals surface area contributed by atoms with E-state index in [0.717, 1.165) is 12.1 Å². The Hall–Kier alpha value is -2.54. The van der Waals surface area contributed by atoms with Crippen molar-refractivity contribution in [3.63, 3.8) is 0 Å². The van der Waals surface area contributed by atoms with E-state index in [4.69, 9.17) is 15.2 Å². The minimum Gasteiger partial charge on any atom is -0.493 e. The Kier molecular flexibility index (Phi) is 6.20. The molecule has 7 heteroatoms. The summed E-state index contributed by atoms with van der Waals surface area (Å²) in [5, 5.41) is 7.18. The smallest absolute Gasteiger partial charge is 0.251 e. The van der Waals surface area contributed by atoms with E-state index >= 15 is 0 Å². The van der Waals surface area contributed by atoms with Crippen LogP contribution in [-0.4, -0.2) is 35.9 Å². The molecule has 1 aromatic carbocycles. The number of carbonyl (C=O) groups excluding carboxylic acids is 1. The number of nitrogens with zero attached hydrogens (tertiary/aromatic N) is 2. The van der Waals surface area contributed by atoms with E-state index in [-0.39, 0.29) is 11.9 Å². The van der Waals surface area contributed by atoms with Crippen LogP contribution < -0.4 is 20.5 Å². The molecular weight excluding hydrogens is 308 g/mol. The van der Waals surface area contributed by atoms with Crippen molar-refractivity contribution >= 4 is 5.91 Å². The zero-order chi connectivity index (χ0) is 17.5. The summed E-state index contributed by atoms with van der Waals surface area (Å²) in [4.78, 5) is 12.6. The molecule has 3 N–H and O–H groups in total. The maximum absolute atomic E-state index is 12.6. The molecule has 130 valence electrons. The number of nitrogens with one attached hydrogen (secondary N) is 1. The van der Waals surface area contributed by atoms with Gasteiger partial charge in [0, 0.05) is 25.4 Å². The number of nitrogens with two attached hydrogens (primary N) is 1. The summed E-state index contributed by atoms with van der Waals surface area (Å²) in [5.41, 5.74) is 6.90. The Balaban J connectivity index is 2.15. The summed E-state index contributed by atoms with van der Waals surface area (Å²) in [7, 11) is 3.40. The fourth-order valence-electron chi connectivity index (χ4n) is 2.45. The molecule has 0 aliphatic heterocycles. The van der Waals surface area contributed by atoms with Crippen LogP contribution in [0.2, 0.25) is 0 Å². The van der Waals surface area contributed by atoms with Crippen LogP contribution >= 0.6 is 0 Å². The summed E-state index contributed by atoms with van der Waals surface area (Å²) in [6.45, 7) is 2.82. The second-order valence-corrected chi connectivity index (χ2v) is 5.32. The predicted molar refractivity (Wildman–Crippen MR) is 91.2 cm³/mol. The third-order valence-corrected chi connectivity index (χ3v) is 3.73. The van der Waals surface area contributed by atoms with E-state index in [1.54, 1.807) is 29.1 Å². The SMILES string of the molecule is CC[C@H](NC(=O)c1ccc(OCCN)c(OC)c1)c1ccnn1C. The van der Waals surface area contributed by atoms with Crippen molar-refractivity contribution in [1.29, 1.82) is 0 Å². The van der Waals surface area contributed by atoms with Crippen LogP contribution in [0.5, 0.6) is 11.5 Å². The van der Waals surface area contributed by atoms with Gasteiger partial charge in [0.05, 0.1) is 18.8 Å². The van der Waals surface area contributed by atoms with Crippen molar-refractivity contribution in [3.8, 4) is 11.5 Å². The molecule has 1 aromatic heterocycles. The van der Waals surface area contributed by atoms with Gasteiger partial charge in [-0.2, -0.15) is 5.10 Å². The molecule has 0 saturated heterocycles. The second-order valence-electron chi connectivity index (χ2n) is 5.32. The number of hydrogen-bond donors (Lipinski definition) is 2. The quantitative estimate of drug-likeness (QED) is 0.767. The van der Waals surface area contributed by atoms with Crippen molar-refractivity contribution in [2.75, 3.05) is 20.3 Å². The van der Waals surface area contributed by atoms with Crippen LogP contribution in [-0.2, 0) is 7.05 Å². The average molecular weight is 332 g/mol. The lowest BCUT2D eigenvalue weighted by atomic mass is 10.1. The molecule has 2 rings (SSSR count). The number of aryl methyl sites for hydroxylation is 1. The highest BCUT2D eigenvalue weighted by atomic mass is 16.5. The molecule has 0 unspecified atom stereocenters. The molecule has 24 heavy (non-hydrogen) atoms. The van der Waals surface area contributed by atoms with Crippen molar-refractivity contribution < 1.29 is 14.3 Å². The monoisotopic (exact) mass is 332 g/mol. The molecular formula is C17H24N4O3. The zero-order valence-electron chi connectivity index (χ0n) is 14.3. The number of hydrogen-bond acceptors (Lipinski definition) is 5. The summed E-state index contributed by atoms with van der Waals surface area (Å²) < 4.78 is 12.6. The number of ether oxygens (including phenoxy) is 2. The van der Waals surface area contributed by atoms with E-state index in [0.29, 0.717) is 30.2 Å². The maximum atomic E-state index is 12.6. The highest BCUT2D eigenvalue weighted by Gasteiger charge is 2.18. The lowest BCUT2D eigenvalue weighted by Gasteiger charge is -2.18. The van der Waals surface area contributed by atoms with Gasteiger partial charge >= 0.3 is 0 Å². The lowest BCUT2D eigenvalue weighted by molar-refractivity contribution is 0.0933. The molecule has 1 heterocycles. The fraction of sp³-hybridized carbons (Fsp3) is 0.412. The van der Waals surface area contributed by atoms with Crippen molar-refractivity contribution in [1.82, 2.24) is 15.1 Å². The molecule has 0 aliphatic carbocycles. The number of methoxy groups -OCH3 is 1. The van der Waals surface area contributed by atoms with Gasteiger partial charge in [-0.05, 0) is 30.7 Å². The summed E-state index contributed by atoms with van der Waals surface area (Å²) in [5.74, 6) is 0.898. The largest absolute Gasteiger partial charge is 0.493 e. The number of rotatable bonds is 8. The van der Waals surface area contributed by atoms with Gasteiger partial charge in [-0.25, -0.2) is 0 Å². The predicted octanol–water partition coefficient (Wildman–Crippen LogP) is 1.65. The van der Waals surface area contributed by atoms with E-state index in [1.807, 2.05) is 20.0 Å². The summed E-state index contributed by atoms with van der Waals surface area (Å²) >= 11 is 0. The van der Waals surface area contributed by atoms with Gasteiger partial charge < -0.3 is 20.5 Å². The third kappa shape index (κ3) is 4.05. The first-order valence-corrected chi connectivity index (χ1v) is 7.90. The maximum Gasteiger partial charge on any atom is 0.251 e. The third-order valence-electron chi connectivity index (χ3n) is 3.73. The Bertz CT molecular complexity index is 684. The first kappa shape index (κ1) is 17.8. The van der Waals surface area contributed by atoms with E-state index in [2.05, 4.69) is 10.4 Å². The van der Waals surface area contributed by atoms with Gasteiger partial charge in [0.15, 0.2) is 11.5 Å². The normalized spacial score (nSPS) is 11.8. The van der Waals surface area contributed by atoms with Gasteiger partial charge in [-0.1, -0.05) is 6.92 Å². The molecule has 1 atom stereocenters. The molecule has 7 nitrogen and oxygen atoms in total. The van der Waals surface area contributed by atoms with Crippen LogP contribution in [0.25, 0.3) is 0 Å². The van der Waals surface area contributed by atoms with Crippen LogP contribution in [0.4, 0.5) is 0 Å². The van der Waals surface area contributed by atoms with E-state index < -0.39 is 0 Å². The van der Waals surface area contributed by atoms with Crippen molar-refractivity contribution in [2.24, 2.45) is 12.8 Å². The van der Waals surface area contributed by atoms with Crippen LogP contribution in [0, 0.1) is 0 Å². The Morgan fingerprint density at radius 1 is 1.38 bits per heavy atom. The first-order chi connectivity index (χ1) is 11.6. The van der Waals surface area contributed by atoms with E-state index in [1.165, 1.54) is 7.11 Å². The average Bonchev–Trinajstić information content (AvgIpc) is 3.03. The number of amides is 1. The molecule has 2 aromatic rings. The highest BCUT2D eigenvalue weighted by molar-refractivity contribution is 5.95. The Labute approximate surface area is 141 Å². The van der Waals surface area contributed by atoms with Crippen LogP contribution in [0.1, 0.15) is 35.4 Å². The molecule has 0 fully saturated rings. The Morgan fingerprint density at radius 2 is 2.17 bits per heavy atom. The van der Waals surface area contributed by atoms with Crippen LogP contribution in [0.15, 0.2) is 30.5 Å². The molecule has 0 bridgehead atoms. The zero-order valence-corrected chi connectivity index (χ0v) is 14.3. The van der Waals surface area contributed by atoms with Gasteiger partial charge in [0.1, 0.15) is 6.61 Å². The summed E-state index contributed by atoms with van der Waals surface area (Å²) in [6, 6.07) is 6.88. The van der Waals surface area contributed by atoms with Crippen molar-refractivity contribution in [2.45, 2.75) is 19.4 Å². The second kappa shape index (κ2) is 8.35. The number of carbonyl (C=O) groups is 1. The lowest BCUT2D eigenvalue weighted by Crippen LogP contribution is -2.29. The minimum absolute atomic E-state index is 0.107. The molecule has 1 amide bonds. The highest BCUT2D eigenvalue weighted by Crippen LogP contribution is 2.28. The van der Waals surface area contributed by atoms with Gasteiger partial charge in [0.25, 0.3) is 5.91 Å². The molecule has 0 saturated carbocycles. The van der Waals surface area contributed by atoms with Gasteiger partial charge in [0.2, 0.25) is 0 Å². The van der Waals surface area contributed by atoms with Crippen LogP contribution in [0.3, 0.4) is 0 Å². The molecule has 0 radical (unpaired) electrons. The first-order valence-electron chi connectivity index (χ1n) is 7.90. The standard InChI is InChI=1S/C17H24N4O3/c1-4-13(14-7-9-19-21(14)2)20-17(22)12-5-6-15(24-10-8-18)16(11-12)23-3/h5-7,9,11,13H,4,8,10,18H2,1-3H3,(H,20,22)/t13-/m0/s1. The van der Waals surface area contributed by atoms with E-state index in [9.17, 15) is 4.79 Å². The Morgan fingerprint density at radius 3 is 2.75 bits per heavy atom. The molecule has 0 spiro atoms. The molecule has 0 aliphatic rings. The van der Waals surface area contributed by atoms with Gasteiger partial charge in [-0.15, -0.1) is 0 Å². The number of benzene rings is 1. The topological polar surface area (TPSA) is 91.4 Å².